The fourth-order valence-corrected chi connectivity index (χ4v) is 5.35. The summed E-state index contributed by atoms with van der Waals surface area (Å²) in [4.78, 5) is 15.4. The van der Waals surface area contributed by atoms with Gasteiger partial charge in [-0.3, -0.25) is 4.79 Å². The van der Waals surface area contributed by atoms with Gasteiger partial charge in [-0.05, 0) is 36.8 Å². The van der Waals surface area contributed by atoms with Crippen LogP contribution in [0.1, 0.15) is 36.1 Å². The number of thiophene rings is 1. The summed E-state index contributed by atoms with van der Waals surface area (Å²) in [6, 6.07) is 2.01. The van der Waals surface area contributed by atoms with Gasteiger partial charge in [0, 0.05) is 18.2 Å². The second kappa shape index (κ2) is 5.48. The molecule has 1 aromatic heterocycles. The van der Waals surface area contributed by atoms with Gasteiger partial charge >= 0.3 is 0 Å². The van der Waals surface area contributed by atoms with Crippen molar-refractivity contribution in [2.24, 2.45) is 0 Å². The Morgan fingerprint density at radius 3 is 2.45 bits per heavy atom. The molecule has 1 amide bonds. The van der Waals surface area contributed by atoms with E-state index in [4.69, 9.17) is 0 Å². The van der Waals surface area contributed by atoms with Gasteiger partial charge in [-0.15, -0.1) is 11.3 Å². The Morgan fingerprint density at radius 2 is 2.00 bits per heavy atom. The molecule has 20 heavy (non-hydrogen) atoms. The van der Waals surface area contributed by atoms with Crippen LogP contribution in [0, 0.1) is 6.92 Å². The maximum absolute atomic E-state index is 12.7. The van der Waals surface area contributed by atoms with Crippen LogP contribution in [-0.4, -0.2) is 37.3 Å². The molecule has 0 spiro atoms. The quantitative estimate of drug-likeness (QED) is 0.857. The fourth-order valence-electron chi connectivity index (χ4n) is 2.89. The Bertz CT molecular complexity index is 598. The first-order valence-electron chi connectivity index (χ1n) is 6.76. The van der Waals surface area contributed by atoms with Gasteiger partial charge in [0.25, 0.3) is 0 Å². The second-order valence-electron chi connectivity index (χ2n) is 5.66. The summed E-state index contributed by atoms with van der Waals surface area (Å²) >= 11 is 1.60. The van der Waals surface area contributed by atoms with Crippen molar-refractivity contribution in [2.45, 2.75) is 43.9 Å². The highest BCUT2D eigenvalue weighted by Gasteiger charge is 2.51. The van der Waals surface area contributed by atoms with Crippen LogP contribution in [0.2, 0.25) is 0 Å². The van der Waals surface area contributed by atoms with Crippen LogP contribution in [-0.2, 0) is 21.2 Å². The number of sulfone groups is 1. The molecule has 1 aliphatic carbocycles. The van der Waals surface area contributed by atoms with Crippen molar-refractivity contribution in [1.82, 2.24) is 4.90 Å². The molecule has 0 aromatic carbocycles. The molecule has 0 atom stereocenters. The van der Waals surface area contributed by atoms with Crippen LogP contribution in [0.4, 0.5) is 0 Å². The standard InChI is InChI=1S/C14H21NO3S2/c1-11-6-9-19-12(11)10-15(2)13(16)14(20(3,17)18)7-4-5-8-14/h6,9H,4-5,7-8,10H2,1-3H3. The molecular formula is C14H21NO3S2. The van der Waals surface area contributed by atoms with E-state index in [1.165, 1.54) is 6.26 Å². The normalized spacial score (nSPS) is 18.1. The molecule has 1 heterocycles. The van der Waals surface area contributed by atoms with E-state index in [0.29, 0.717) is 19.4 Å². The smallest absolute Gasteiger partial charge is 0.244 e. The molecule has 0 bridgehead atoms. The van der Waals surface area contributed by atoms with Crippen LogP contribution < -0.4 is 0 Å². The Morgan fingerprint density at radius 1 is 1.40 bits per heavy atom. The third-order valence-electron chi connectivity index (χ3n) is 4.21. The number of amides is 1. The zero-order chi connectivity index (χ0) is 15.0. The molecule has 0 saturated heterocycles. The zero-order valence-corrected chi connectivity index (χ0v) is 13.8. The molecule has 4 nitrogen and oxygen atoms in total. The van der Waals surface area contributed by atoms with E-state index >= 15 is 0 Å². The highest BCUT2D eigenvalue weighted by Crippen LogP contribution is 2.38. The third-order valence-corrected chi connectivity index (χ3v) is 7.22. The molecule has 0 N–H and O–H groups in total. The molecule has 1 fully saturated rings. The summed E-state index contributed by atoms with van der Waals surface area (Å²) < 4.78 is 23.1. The minimum absolute atomic E-state index is 0.245. The van der Waals surface area contributed by atoms with Crippen molar-refractivity contribution in [1.29, 1.82) is 0 Å². The maximum atomic E-state index is 12.7. The molecule has 0 unspecified atom stereocenters. The third kappa shape index (κ3) is 2.63. The summed E-state index contributed by atoms with van der Waals surface area (Å²) in [5.41, 5.74) is 1.15. The summed E-state index contributed by atoms with van der Waals surface area (Å²) in [7, 11) is -1.68. The number of nitrogens with zero attached hydrogens (tertiary/aromatic N) is 1. The van der Waals surface area contributed by atoms with E-state index in [-0.39, 0.29) is 5.91 Å². The highest BCUT2D eigenvalue weighted by molar-refractivity contribution is 7.92. The molecule has 0 radical (unpaired) electrons. The first kappa shape index (κ1) is 15.5. The van der Waals surface area contributed by atoms with Gasteiger partial charge in [-0.2, -0.15) is 0 Å². The lowest BCUT2D eigenvalue weighted by molar-refractivity contribution is -0.133. The summed E-state index contributed by atoms with van der Waals surface area (Å²) in [6.45, 7) is 2.49. The monoisotopic (exact) mass is 315 g/mol. The molecule has 1 aliphatic rings. The molecule has 1 aromatic rings. The summed E-state index contributed by atoms with van der Waals surface area (Å²) in [6.07, 6.45) is 3.73. The van der Waals surface area contributed by atoms with Crippen molar-refractivity contribution >= 4 is 27.1 Å². The summed E-state index contributed by atoms with van der Waals surface area (Å²) in [5.74, 6) is -0.245. The number of hydrogen-bond donors (Lipinski definition) is 0. The van der Waals surface area contributed by atoms with Gasteiger partial charge in [0.1, 0.15) is 0 Å². The molecule has 2 rings (SSSR count). The van der Waals surface area contributed by atoms with E-state index in [1.807, 2.05) is 18.4 Å². The van der Waals surface area contributed by atoms with Crippen molar-refractivity contribution in [2.75, 3.05) is 13.3 Å². The number of carbonyl (C=O) groups excluding carboxylic acids is 1. The molecule has 6 heteroatoms. The molecular weight excluding hydrogens is 294 g/mol. The van der Waals surface area contributed by atoms with Gasteiger partial charge < -0.3 is 4.90 Å². The Balaban J connectivity index is 2.23. The number of carbonyl (C=O) groups is 1. The average molecular weight is 315 g/mol. The van der Waals surface area contributed by atoms with E-state index < -0.39 is 14.6 Å². The minimum atomic E-state index is -3.39. The van der Waals surface area contributed by atoms with Crippen LogP contribution >= 0.6 is 11.3 Å². The van der Waals surface area contributed by atoms with E-state index in [0.717, 1.165) is 23.3 Å². The van der Waals surface area contributed by atoms with E-state index in [9.17, 15) is 13.2 Å². The zero-order valence-electron chi connectivity index (χ0n) is 12.2. The lowest BCUT2D eigenvalue weighted by atomic mass is 10.1. The molecule has 1 saturated carbocycles. The van der Waals surface area contributed by atoms with Gasteiger partial charge in [-0.1, -0.05) is 12.8 Å². The first-order valence-corrected chi connectivity index (χ1v) is 9.53. The van der Waals surface area contributed by atoms with E-state index in [2.05, 4.69) is 0 Å². The number of hydrogen-bond acceptors (Lipinski definition) is 4. The first-order chi connectivity index (χ1) is 9.28. The van der Waals surface area contributed by atoms with Crippen molar-refractivity contribution < 1.29 is 13.2 Å². The van der Waals surface area contributed by atoms with Crippen LogP contribution in [0.15, 0.2) is 11.4 Å². The Hall–Kier alpha value is -0.880. The SMILES string of the molecule is Cc1ccsc1CN(C)C(=O)C1(S(C)(=O)=O)CCCC1. The number of rotatable bonds is 4. The minimum Gasteiger partial charge on any atom is -0.339 e. The fraction of sp³-hybridized carbons (Fsp3) is 0.643. The summed E-state index contributed by atoms with van der Waals surface area (Å²) in [5, 5.41) is 1.99. The Kier molecular flexibility index (Phi) is 4.25. The lowest BCUT2D eigenvalue weighted by Gasteiger charge is -2.30. The topological polar surface area (TPSA) is 54.5 Å². The van der Waals surface area contributed by atoms with E-state index in [1.54, 1.807) is 23.3 Å². The molecule has 0 aliphatic heterocycles. The van der Waals surface area contributed by atoms with Crippen molar-refractivity contribution in [3.05, 3.63) is 21.9 Å². The maximum Gasteiger partial charge on any atom is 0.244 e. The van der Waals surface area contributed by atoms with Crippen molar-refractivity contribution in [3.63, 3.8) is 0 Å². The van der Waals surface area contributed by atoms with Gasteiger partial charge in [0.2, 0.25) is 5.91 Å². The van der Waals surface area contributed by atoms with Crippen molar-refractivity contribution in [3.8, 4) is 0 Å². The molecule has 112 valence electrons. The van der Waals surface area contributed by atoms with Gasteiger partial charge in [-0.25, -0.2) is 8.42 Å². The second-order valence-corrected chi connectivity index (χ2v) is 8.99. The lowest BCUT2D eigenvalue weighted by Crippen LogP contribution is -2.50. The largest absolute Gasteiger partial charge is 0.339 e. The predicted molar refractivity (Wildman–Crippen MR) is 81.6 cm³/mol. The van der Waals surface area contributed by atoms with Crippen LogP contribution in [0.5, 0.6) is 0 Å². The van der Waals surface area contributed by atoms with Crippen LogP contribution in [0.3, 0.4) is 0 Å². The van der Waals surface area contributed by atoms with Gasteiger partial charge in [0.05, 0.1) is 6.54 Å². The van der Waals surface area contributed by atoms with Gasteiger partial charge in [0.15, 0.2) is 14.6 Å². The predicted octanol–water partition coefficient (Wildman–Crippen LogP) is 2.37. The Labute approximate surface area is 124 Å². The average Bonchev–Trinajstić information content (AvgIpc) is 2.98. The highest BCUT2D eigenvalue weighted by atomic mass is 32.2. The van der Waals surface area contributed by atoms with Crippen LogP contribution in [0.25, 0.3) is 0 Å². The number of aryl methyl sites for hydroxylation is 1.